The fourth-order valence-corrected chi connectivity index (χ4v) is 5.29. The number of nitrogens with one attached hydrogen (secondary N) is 1. The molecule has 0 saturated heterocycles. The van der Waals surface area contributed by atoms with Crippen LogP contribution in [0.1, 0.15) is 41.0 Å². The van der Waals surface area contributed by atoms with Crippen LogP contribution in [0.15, 0.2) is 28.3 Å². The van der Waals surface area contributed by atoms with Crippen molar-refractivity contribution in [1.29, 1.82) is 0 Å². The lowest BCUT2D eigenvalue weighted by molar-refractivity contribution is -0.119. The van der Waals surface area contributed by atoms with E-state index in [2.05, 4.69) is 10.3 Å². The van der Waals surface area contributed by atoms with Crippen LogP contribution in [-0.4, -0.2) is 53.1 Å². The molecule has 1 aromatic heterocycles. The van der Waals surface area contributed by atoms with Gasteiger partial charge in [0.25, 0.3) is 0 Å². The highest BCUT2D eigenvalue weighted by Gasteiger charge is 2.23. The van der Waals surface area contributed by atoms with Gasteiger partial charge in [-0.25, -0.2) is 13.4 Å². The quantitative estimate of drug-likeness (QED) is 0.590. The molecule has 0 spiro atoms. The van der Waals surface area contributed by atoms with Gasteiger partial charge >= 0.3 is 0 Å². The number of nitrogens with zero attached hydrogens (tertiary/aromatic N) is 3. The first-order valence-corrected chi connectivity index (χ1v) is 12.1. The molecule has 0 radical (unpaired) electrons. The Bertz CT molecular complexity index is 921. The zero-order valence-corrected chi connectivity index (χ0v) is 18.9. The van der Waals surface area contributed by atoms with Crippen LogP contribution >= 0.6 is 11.8 Å². The van der Waals surface area contributed by atoms with E-state index >= 15 is 0 Å². The van der Waals surface area contributed by atoms with E-state index in [-0.39, 0.29) is 22.6 Å². The molecule has 1 N–H and O–H groups in total. The van der Waals surface area contributed by atoms with Crippen molar-refractivity contribution < 1.29 is 13.2 Å². The largest absolute Gasteiger partial charge is 0.353 e. The zero-order valence-electron chi connectivity index (χ0n) is 17.2. The van der Waals surface area contributed by atoms with Crippen LogP contribution in [0, 0.1) is 0 Å². The summed E-state index contributed by atoms with van der Waals surface area (Å²) in [6.45, 7) is 11.2. The Morgan fingerprint density at radius 3 is 2.50 bits per heavy atom. The van der Waals surface area contributed by atoms with Gasteiger partial charge in [-0.05, 0) is 38.5 Å². The van der Waals surface area contributed by atoms with E-state index in [4.69, 9.17) is 0 Å². The Hall–Kier alpha value is -1.58. The Morgan fingerprint density at radius 2 is 1.93 bits per heavy atom. The summed E-state index contributed by atoms with van der Waals surface area (Å²) in [5.41, 5.74) is 1.49. The number of amides is 1. The van der Waals surface area contributed by atoms with Gasteiger partial charge < -0.3 is 9.88 Å². The second kappa shape index (κ2) is 9.76. The topological polar surface area (TPSA) is 84.3 Å². The number of imidazole rings is 1. The number of carbonyl (C=O) groups is 1. The lowest BCUT2D eigenvalue weighted by atomic mass is 10.3. The molecule has 0 unspecified atom stereocenters. The van der Waals surface area contributed by atoms with Crippen LogP contribution in [0.5, 0.6) is 0 Å². The summed E-state index contributed by atoms with van der Waals surface area (Å²) in [6, 6.07) is 5.20. The van der Waals surface area contributed by atoms with Gasteiger partial charge in [0.2, 0.25) is 15.9 Å². The molecule has 156 valence electrons. The van der Waals surface area contributed by atoms with Gasteiger partial charge in [0.1, 0.15) is 0 Å². The lowest BCUT2D eigenvalue weighted by Crippen LogP contribution is -2.33. The lowest BCUT2D eigenvalue weighted by Gasteiger charge is -2.18. The number of hydrogen-bond acceptors (Lipinski definition) is 5. The normalized spacial score (nSPS) is 13.2. The first kappa shape index (κ1) is 22.7. The third kappa shape index (κ3) is 4.87. The van der Waals surface area contributed by atoms with Gasteiger partial charge in [0.15, 0.2) is 5.16 Å². The molecule has 0 bridgehead atoms. The van der Waals surface area contributed by atoms with Gasteiger partial charge in [-0.15, -0.1) is 0 Å². The monoisotopic (exact) mass is 426 g/mol. The summed E-state index contributed by atoms with van der Waals surface area (Å²) < 4.78 is 29.0. The first-order valence-electron chi connectivity index (χ1n) is 9.70. The standard InChI is InChI=1S/C19H30N4O3S2/c1-6-14(5)20-18(24)13-27-19-21-16-12-15(10-11-17(16)23(19)9-4)28(25,26)22(7-2)8-3/h10-12,14H,6-9,13H2,1-5H3,(H,20,24)/t14-/m1/s1. The Balaban J connectivity index is 2.31. The van der Waals surface area contributed by atoms with Gasteiger partial charge in [0.05, 0.1) is 21.7 Å². The summed E-state index contributed by atoms with van der Waals surface area (Å²) in [5, 5.41) is 3.66. The van der Waals surface area contributed by atoms with Crippen LogP contribution in [0.3, 0.4) is 0 Å². The number of aryl methyl sites for hydroxylation is 1. The number of carbonyl (C=O) groups excluding carboxylic acids is 1. The molecule has 7 nitrogen and oxygen atoms in total. The minimum Gasteiger partial charge on any atom is -0.353 e. The van der Waals surface area contributed by atoms with Crippen molar-refractivity contribution in [3.8, 4) is 0 Å². The van der Waals surface area contributed by atoms with E-state index in [1.54, 1.807) is 18.2 Å². The first-order chi connectivity index (χ1) is 13.3. The highest BCUT2D eigenvalue weighted by atomic mass is 32.2. The molecule has 0 aliphatic carbocycles. The maximum Gasteiger partial charge on any atom is 0.243 e. The Kier molecular flexibility index (Phi) is 7.91. The highest BCUT2D eigenvalue weighted by Crippen LogP contribution is 2.27. The maximum absolute atomic E-state index is 12.8. The summed E-state index contributed by atoms with van der Waals surface area (Å²) in [6.07, 6.45) is 0.883. The fraction of sp³-hybridized carbons (Fsp3) is 0.579. The number of fused-ring (bicyclic) bond motifs is 1. The Morgan fingerprint density at radius 1 is 1.25 bits per heavy atom. The molecule has 2 rings (SSSR count). The fourth-order valence-electron chi connectivity index (χ4n) is 2.92. The van der Waals surface area contributed by atoms with E-state index in [0.717, 1.165) is 11.9 Å². The molecule has 0 aliphatic rings. The third-order valence-electron chi connectivity index (χ3n) is 4.70. The minimum absolute atomic E-state index is 0.0288. The van der Waals surface area contributed by atoms with Crippen molar-refractivity contribution in [2.45, 2.75) is 63.7 Å². The van der Waals surface area contributed by atoms with Crippen molar-refractivity contribution in [2.75, 3.05) is 18.8 Å². The van der Waals surface area contributed by atoms with Crippen LogP contribution in [-0.2, 0) is 21.4 Å². The number of aromatic nitrogens is 2. The predicted octanol–water partition coefficient (Wildman–Crippen LogP) is 3.09. The van der Waals surface area contributed by atoms with Crippen LogP contribution in [0.2, 0.25) is 0 Å². The van der Waals surface area contributed by atoms with Crippen molar-refractivity contribution in [1.82, 2.24) is 19.2 Å². The second-order valence-corrected chi connectivity index (χ2v) is 9.42. The van der Waals surface area contributed by atoms with E-state index in [9.17, 15) is 13.2 Å². The van der Waals surface area contributed by atoms with Crippen molar-refractivity contribution in [3.63, 3.8) is 0 Å². The second-order valence-electron chi connectivity index (χ2n) is 6.54. The molecule has 1 heterocycles. The molecular weight excluding hydrogens is 396 g/mol. The predicted molar refractivity (Wildman–Crippen MR) is 114 cm³/mol. The van der Waals surface area contributed by atoms with Crippen molar-refractivity contribution in [2.24, 2.45) is 0 Å². The van der Waals surface area contributed by atoms with Gasteiger partial charge in [-0.3, -0.25) is 4.79 Å². The molecule has 0 aliphatic heterocycles. The molecule has 0 fully saturated rings. The average molecular weight is 427 g/mol. The molecule has 1 amide bonds. The van der Waals surface area contributed by atoms with Crippen LogP contribution in [0.4, 0.5) is 0 Å². The highest BCUT2D eigenvalue weighted by molar-refractivity contribution is 7.99. The molecule has 2 aromatic rings. The van der Waals surface area contributed by atoms with E-state index < -0.39 is 10.0 Å². The summed E-state index contributed by atoms with van der Waals surface area (Å²) in [5.74, 6) is 0.247. The molecule has 1 aromatic carbocycles. The van der Waals surface area contributed by atoms with Crippen LogP contribution in [0.25, 0.3) is 11.0 Å². The van der Waals surface area contributed by atoms with Crippen molar-refractivity contribution >= 4 is 38.7 Å². The smallest absolute Gasteiger partial charge is 0.243 e. The molecule has 1 atom stereocenters. The van der Waals surface area contributed by atoms with Gasteiger partial charge in [-0.2, -0.15) is 4.31 Å². The number of thioether (sulfide) groups is 1. The SMILES string of the molecule is CC[C@@H](C)NC(=O)CSc1nc2cc(S(=O)(=O)N(CC)CC)ccc2n1CC. The minimum atomic E-state index is -3.53. The van der Waals surface area contributed by atoms with E-state index in [1.807, 2.05) is 39.2 Å². The van der Waals surface area contributed by atoms with Gasteiger partial charge in [-0.1, -0.05) is 32.5 Å². The molecule has 28 heavy (non-hydrogen) atoms. The zero-order chi connectivity index (χ0) is 20.9. The summed E-state index contributed by atoms with van der Waals surface area (Å²) >= 11 is 1.37. The van der Waals surface area contributed by atoms with Crippen LogP contribution < -0.4 is 5.32 Å². The molecular formula is C19H30N4O3S2. The number of sulfonamides is 1. The molecule has 0 saturated carbocycles. The average Bonchev–Trinajstić information content (AvgIpc) is 3.03. The Labute approximate surface area is 171 Å². The number of benzene rings is 1. The van der Waals surface area contributed by atoms with Crippen molar-refractivity contribution in [3.05, 3.63) is 18.2 Å². The van der Waals surface area contributed by atoms with E-state index in [0.29, 0.717) is 30.3 Å². The number of rotatable bonds is 10. The van der Waals surface area contributed by atoms with Gasteiger partial charge in [0, 0.05) is 25.7 Å². The molecule has 9 heteroatoms. The third-order valence-corrected chi connectivity index (χ3v) is 7.72. The maximum atomic E-state index is 12.8. The summed E-state index contributed by atoms with van der Waals surface area (Å²) in [7, 11) is -3.53. The van der Waals surface area contributed by atoms with E-state index in [1.165, 1.54) is 16.1 Å². The number of hydrogen-bond donors (Lipinski definition) is 1. The summed E-state index contributed by atoms with van der Waals surface area (Å²) in [4.78, 5) is 16.9.